The van der Waals surface area contributed by atoms with Crippen LogP contribution in [0.5, 0.6) is 0 Å². The van der Waals surface area contributed by atoms with Gasteiger partial charge in [0.1, 0.15) is 0 Å². The van der Waals surface area contributed by atoms with Gasteiger partial charge in [0.2, 0.25) is 0 Å². The van der Waals surface area contributed by atoms with Crippen LogP contribution < -0.4 is 21.3 Å². The van der Waals surface area contributed by atoms with Crippen molar-refractivity contribution >= 4 is 34.8 Å². The summed E-state index contributed by atoms with van der Waals surface area (Å²) in [5, 5.41) is 11.7. The first-order valence-electron chi connectivity index (χ1n) is 11.5. The number of aryl methyl sites for hydroxylation is 2. The van der Waals surface area contributed by atoms with Crippen molar-refractivity contribution in [1.29, 1.82) is 0 Å². The summed E-state index contributed by atoms with van der Waals surface area (Å²) in [6.45, 7) is 12.3. The van der Waals surface area contributed by atoms with E-state index in [9.17, 15) is 9.59 Å². The molecule has 0 saturated carbocycles. The predicted octanol–water partition coefficient (Wildman–Crippen LogP) is 7.45. The van der Waals surface area contributed by atoms with Crippen LogP contribution in [0.15, 0.2) is 60.7 Å². The molecule has 3 rings (SSSR count). The van der Waals surface area contributed by atoms with Crippen molar-refractivity contribution in [2.75, 3.05) is 21.3 Å². The second kappa shape index (κ2) is 10.4. The van der Waals surface area contributed by atoms with Gasteiger partial charge in [0.15, 0.2) is 0 Å². The van der Waals surface area contributed by atoms with Crippen molar-refractivity contribution in [3.63, 3.8) is 0 Å². The van der Waals surface area contributed by atoms with Crippen molar-refractivity contribution in [3.05, 3.63) is 82.9 Å². The van der Waals surface area contributed by atoms with Crippen LogP contribution >= 0.6 is 0 Å². The van der Waals surface area contributed by atoms with Gasteiger partial charge in [0.05, 0.1) is 0 Å². The lowest BCUT2D eigenvalue weighted by atomic mass is 9.85. The molecule has 3 aromatic carbocycles. The molecule has 0 bridgehead atoms. The summed E-state index contributed by atoms with van der Waals surface area (Å²) in [6, 6.07) is 18.5. The van der Waals surface area contributed by atoms with Crippen LogP contribution in [0.1, 0.15) is 49.9 Å². The first kappa shape index (κ1) is 24.8. The summed E-state index contributed by atoms with van der Waals surface area (Å²) in [6.07, 6.45) is 0.630. The highest BCUT2D eigenvalue weighted by molar-refractivity contribution is 6.03. The van der Waals surface area contributed by atoms with Crippen LogP contribution in [-0.2, 0) is 11.8 Å². The fourth-order valence-corrected chi connectivity index (χ4v) is 3.55. The predicted molar refractivity (Wildman–Crippen MR) is 142 cm³/mol. The molecule has 0 aromatic heterocycles. The minimum atomic E-state index is -0.334. The summed E-state index contributed by atoms with van der Waals surface area (Å²) in [5.74, 6) is 0. The quantitative estimate of drug-likeness (QED) is 0.320. The van der Waals surface area contributed by atoms with E-state index in [4.69, 9.17) is 0 Å². The third-order valence-electron chi connectivity index (χ3n) is 5.58. The average Bonchev–Trinajstić information content (AvgIpc) is 2.76. The van der Waals surface area contributed by atoms with Gasteiger partial charge in [-0.1, -0.05) is 63.1 Å². The Balaban J connectivity index is 1.87. The second-order valence-electron chi connectivity index (χ2n) is 9.54. The van der Waals surface area contributed by atoms with Crippen LogP contribution in [0.3, 0.4) is 0 Å². The zero-order chi connectivity index (χ0) is 24.9. The maximum Gasteiger partial charge on any atom is 0.323 e. The van der Waals surface area contributed by atoms with Gasteiger partial charge in [-0.25, -0.2) is 9.59 Å². The van der Waals surface area contributed by atoms with Crippen molar-refractivity contribution in [1.82, 2.24) is 0 Å². The minimum absolute atomic E-state index is 0.181. The topological polar surface area (TPSA) is 82.3 Å². The Hall–Kier alpha value is -3.80. The molecule has 0 aliphatic rings. The molecule has 0 fully saturated rings. The average molecular weight is 459 g/mol. The minimum Gasteiger partial charge on any atom is -0.308 e. The Labute approximate surface area is 202 Å². The van der Waals surface area contributed by atoms with Gasteiger partial charge in [-0.05, 0) is 73.2 Å². The highest BCUT2D eigenvalue weighted by Gasteiger charge is 2.20. The molecule has 4 amide bonds. The van der Waals surface area contributed by atoms with Crippen molar-refractivity contribution in [2.24, 2.45) is 0 Å². The highest BCUT2D eigenvalue weighted by Crippen LogP contribution is 2.34. The number of amides is 4. The normalized spacial score (nSPS) is 11.0. The smallest absolute Gasteiger partial charge is 0.308 e. The van der Waals surface area contributed by atoms with E-state index in [-0.39, 0.29) is 17.5 Å². The molecule has 0 radical (unpaired) electrons. The molecule has 3 aromatic rings. The van der Waals surface area contributed by atoms with E-state index in [1.54, 1.807) is 0 Å². The van der Waals surface area contributed by atoms with Gasteiger partial charge in [0, 0.05) is 22.7 Å². The summed E-state index contributed by atoms with van der Waals surface area (Å²) in [4.78, 5) is 25.6. The summed E-state index contributed by atoms with van der Waals surface area (Å²) in [7, 11) is 0. The SMILES string of the molecule is CCc1c(NC(=O)Nc2ccc(C)cc2)cc(C(C)(C)C)cc1NC(=O)Nc1ccc(C)cc1. The van der Waals surface area contributed by atoms with Crippen LogP contribution in [0.2, 0.25) is 0 Å². The maximum atomic E-state index is 12.8. The molecular formula is C28H34N4O2. The first-order chi connectivity index (χ1) is 16.0. The van der Waals surface area contributed by atoms with E-state index in [1.165, 1.54) is 0 Å². The fourth-order valence-electron chi connectivity index (χ4n) is 3.55. The molecule has 34 heavy (non-hydrogen) atoms. The Kier molecular flexibility index (Phi) is 7.61. The molecule has 0 atom stereocenters. The molecule has 4 N–H and O–H groups in total. The third-order valence-corrected chi connectivity index (χ3v) is 5.58. The van der Waals surface area contributed by atoms with Crippen LogP contribution in [0.25, 0.3) is 0 Å². The Morgan fingerprint density at radius 1 is 0.676 bits per heavy atom. The van der Waals surface area contributed by atoms with Crippen LogP contribution in [0.4, 0.5) is 32.3 Å². The fraction of sp³-hybridized carbons (Fsp3) is 0.286. The third kappa shape index (κ3) is 6.61. The number of rotatable bonds is 5. The number of benzene rings is 3. The molecule has 0 aliphatic carbocycles. The molecule has 178 valence electrons. The van der Waals surface area contributed by atoms with Crippen molar-refractivity contribution in [3.8, 4) is 0 Å². The number of anilines is 4. The molecule has 0 aliphatic heterocycles. The Bertz CT molecular complexity index is 1080. The standard InChI is InChI=1S/C28H34N4O2/c1-7-23-24(31-26(33)29-21-12-8-18(2)9-13-21)16-20(28(4,5)6)17-25(23)32-27(34)30-22-14-10-19(3)11-15-22/h8-17H,7H2,1-6H3,(H2,29,31,33)(H2,30,32,34). The monoisotopic (exact) mass is 458 g/mol. The molecule has 6 heteroatoms. The lowest BCUT2D eigenvalue weighted by molar-refractivity contribution is 0.261. The van der Waals surface area contributed by atoms with Gasteiger partial charge >= 0.3 is 12.1 Å². The molecular weight excluding hydrogens is 424 g/mol. The largest absolute Gasteiger partial charge is 0.323 e. The summed E-state index contributed by atoms with van der Waals surface area (Å²) < 4.78 is 0. The van der Waals surface area contributed by atoms with E-state index >= 15 is 0 Å². The summed E-state index contributed by atoms with van der Waals surface area (Å²) >= 11 is 0. The molecule has 0 spiro atoms. The maximum absolute atomic E-state index is 12.8. The molecule has 0 unspecified atom stereocenters. The lowest BCUT2D eigenvalue weighted by Gasteiger charge is -2.24. The zero-order valence-electron chi connectivity index (χ0n) is 20.8. The van der Waals surface area contributed by atoms with Gasteiger partial charge in [-0.15, -0.1) is 0 Å². The van der Waals surface area contributed by atoms with Crippen LogP contribution in [0, 0.1) is 13.8 Å². The van der Waals surface area contributed by atoms with Gasteiger partial charge in [-0.2, -0.15) is 0 Å². The van der Waals surface area contributed by atoms with E-state index in [0.717, 1.165) is 22.3 Å². The number of nitrogens with one attached hydrogen (secondary N) is 4. The number of hydrogen-bond acceptors (Lipinski definition) is 2. The Morgan fingerprint density at radius 3 is 1.38 bits per heavy atom. The highest BCUT2D eigenvalue weighted by atomic mass is 16.2. The molecule has 6 nitrogen and oxygen atoms in total. The van der Waals surface area contributed by atoms with Gasteiger partial charge < -0.3 is 21.3 Å². The van der Waals surface area contributed by atoms with E-state index in [0.29, 0.717) is 29.2 Å². The van der Waals surface area contributed by atoms with Crippen molar-refractivity contribution < 1.29 is 9.59 Å². The van der Waals surface area contributed by atoms with E-state index in [2.05, 4.69) is 42.0 Å². The summed E-state index contributed by atoms with van der Waals surface area (Å²) in [5.41, 5.74) is 6.68. The van der Waals surface area contributed by atoms with Gasteiger partial charge in [0.25, 0.3) is 0 Å². The van der Waals surface area contributed by atoms with Gasteiger partial charge in [-0.3, -0.25) is 0 Å². The van der Waals surface area contributed by atoms with E-state index in [1.807, 2.05) is 81.4 Å². The zero-order valence-corrected chi connectivity index (χ0v) is 20.8. The first-order valence-corrected chi connectivity index (χ1v) is 11.5. The number of hydrogen-bond donors (Lipinski definition) is 4. The Morgan fingerprint density at radius 2 is 1.06 bits per heavy atom. The second-order valence-corrected chi connectivity index (χ2v) is 9.54. The van der Waals surface area contributed by atoms with E-state index < -0.39 is 0 Å². The lowest BCUT2D eigenvalue weighted by Crippen LogP contribution is -2.24. The number of urea groups is 2. The van der Waals surface area contributed by atoms with Crippen molar-refractivity contribution in [2.45, 2.75) is 53.4 Å². The molecule has 0 saturated heterocycles. The number of carbonyl (C=O) groups is 2. The molecule has 0 heterocycles. The number of carbonyl (C=O) groups excluding carboxylic acids is 2. The van der Waals surface area contributed by atoms with Crippen LogP contribution in [-0.4, -0.2) is 12.1 Å².